The molecule has 1 aliphatic heterocycles. The molecule has 1 aliphatic rings. The molecule has 6 nitrogen and oxygen atoms in total. The molecule has 3 aromatic rings. The van der Waals surface area contributed by atoms with E-state index in [1.807, 2.05) is 81.4 Å². The molecule has 0 aromatic heterocycles. The second-order valence-electron chi connectivity index (χ2n) is 10.4. The topological polar surface area (TPSA) is 76.1 Å². The maximum Gasteiger partial charge on any atom is 0.295 e. The summed E-state index contributed by atoms with van der Waals surface area (Å²) in [5.41, 5.74) is 4.14. The van der Waals surface area contributed by atoms with Crippen molar-refractivity contribution in [3.05, 3.63) is 100 Å². The lowest BCUT2D eigenvalue weighted by Gasteiger charge is -2.26. The molecule has 0 aliphatic carbocycles. The quantitative estimate of drug-likeness (QED) is 0.185. The maximum atomic E-state index is 13.6. The molecule has 4 rings (SSSR count). The van der Waals surface area contributed by atoms with Gasteiger partial charge in [0.25, 0.3) is 11.7 Å². The van der Waals surface area contributed by atoms with E-state index in [0.717, 1.165) is 28.0 Å². The van der Waals surface area contributed by atoms with Gasteiger partial charge in [0.15, 0.2) is 0 Å². The first-order chi connectivity index (χ1) is 18.7. The number of ether oxygens (including phenoxy) is 2. The molecule has 0 radical (unpaired) electrons. The predicted molar refractivity (Wildman–Crippen MR) is 153 cm³/mol. The number of aliphatic hydroxyl groups is 1. The fourth-order valence-electron chi connectivity index (χ4n) is 5.06. The van der Waals surface area contributed by atoms with E-state index in [0.29, 0.717) is 23.8 Å². The van der Waals surface area contributed by atoms with Crippen LogP contribution in [0.4, 0.5) is 0 Å². The van der Waals surface area contributed by atoms with Crippen molar-refractivity contribution in [2.75, 3.05) is 13.7 Å². The van der Waals surface area contributed by atoms with E-state index in [1.165, 1.54) is 4.90 Å². The highest BCUT2D eigenvalue weighted by Crippen LogP contribution is 2.42. The van der Waals surface area contributed by atoms with Gasteiger partial charge in [-0.2, -0.15) is 0 Å². The lowest BCUT2D eigenvalue weighted by molar-refractivity contribution is -0.140. The number of carbonyl (C=O) groups is 2. The fourth-order valence-corrected chi connectivity index (χ4v) is 5.06. The average Bonchev–Trinajstić information content (AvgIpc) is 3.18. The monoisotopic (exact) mass is 527 g/mol. The van der Waals surface area contributed by atoms with Crippen LogP contribution in [-0.2, 0) is 16.1 Å². The minimum Gasteiger partial charge on any atom is -0.507 e. The summed E-state index contributed by atoms with van der Waals surface area (Å²) in [5.74, 6) is 0.265. The summed E-state index contributed by atoms with van der Waals surface area (Å²) in [5, 5.41) is 11.6. The van der Waals surface area contributed by atoms with Crippen molar-refractivity contribution in [1.29, 1.82) is 0 Å². The normalized spacial score (nSPS) is 16.8. The van der Waals surface area contributed by atoms with Crippen LogP contribution in [0.3, 0.4) is 0 Å². The van der Waals surface area contributed by atoms with E-state index < -0.39 is 17.7 Å². The minimum atomic E-state index is -0.759. The molecular formula is C33H37NO5. The van der Waals surface area contributed by atoms with Crippen molar-refractivity contribution in [2.45, 2.75) is 59.0 Å². The third-order valence-electron chi connectivity index (χ3n) is 7.20. The molecule has 1 unspecified atom stereocenters. The number of hydrogen-bond acceptors (Lipinski definition) is 5. The molecule has 0 bridgehead atoms. The van der Waals surface area contributed by atoms with Crippen LogP contribution in [0.5, 0.6) is 11.5 Å². The van der Waals surface area contributed by atoms with Crippen molar-refractivity contribution in [2.24, 2.45) is 0 Å². The maximum absolute atomic E-state index is 13.6. The van der Waals surface area contributed by atoms with Crippen molar-refractivity contribution < 1.29 is 24.2 Å². The Balaban J connectivity index is 1.88. The summed E-state index contributed by atoms with van der Waals surface area (Å²) in [4.78, 5) is 28.6. The molecule has 3 aromatic carbocycles. The van der Waals surface area contributed by atoms with E-state index in [4.69, 9.17) is 9.47 Å². The Hall–Kier alpha value is -4.06. The highest BCUT2D eigenvalue weighted by Gasteiger charge is 2.46. The third-order valence-corrected chi connectivity index (χ3v) is 7.20. The molecule has 1 saturated heterocycles. The molecule has 6 heteroatoms. The molecule has 1 amide bonds. The zero-order valence-corrected chi connectivity index (χ0v) is 23.5. The summed E-state index contributed by atoms with van der Waals surface area (Å²) >= 11 is 0. The number of amides is 1. The number of likely N-dealkylation sites (tertiary alicyclic amines) is 1. The molecule has 1 fully saturated rings. The van der Waals surface area contributed by atoms with Crippen molar-refractivity contribution in [3.8, 4) is 11.5 Å². The van der Waals surface area contributed by atoms with Gasteiger partial charge in [-0.15, -0.1) is 0 Å². The predicted octanol–water partition coefficient (Wildman–Crippen LogP) is 6.96. The molecule has 1 atom stereocenters. The number of benzene rings is 3. The third kappa shape index (κ3) is 5.56. The highest BCUT2D eigenvalue weighted by atomic mass is 16.5. The highest BCUT2D eigenvalue weighted by molar-refractivity contribution is 6.46. The molecule has 204 valence electrons. The van der Waals surface area contributed by atoms with Gasteiger partial charge in [0.05, 0.1) is 31.9 Å². The van der Waals surface area contributed by atoms with E-state index in [9.17, 15) is 14.7 Å². The largest absolute Gasteiger partial charge is 0.507 e. The number of para-hydroxylation sites is 1. The molecule has 1 N–H and O–H groups in total. The Morgan fingerprint density at radius 3 is 2.23 bits per heavy atom. The van der Waals surface area contributed by atoms with Crippen LogP contribution in [0.2, 0.25) is 0 Å². The standard InChI is InChI=1S/C33H37NO5/c1-7-39-28-17-16-24(18-26(28)21(4)5)31(35)29-30(23-14-12-22(13-15-23)20(2)3)34(33(37)32(29)36)19-25-10-8-9-11-27(25)38-6/h8-18,20-21,30,35H,7,19H2,1-6H3/b31-29-. The Bertz CT molecular complexity index is 1390. The average molecular weight is 528 g/mol. The number of Topliss-reactive ketones (excluding diaryl/α,β-unsaturated/α-hetero) is 1. The van der Waals surface area contributed by atoms with Gasteiger partial charge in [0, 0.05) is 11.1 Å². The van der Waals surface area contributed by atoms with Gasteiger partial charge in [-0.05, 0) is 59.7 Å². The van der Waals surface area contributed by atoms with Crippen LogP contribution in [0.25, 0.3) is 5.76 Å². The molecular weight excluding hydrogens is 490 g/mol. The number of methoxy groups -OCH3 is 1. The van der Waals surface area contributed by atoms with Gasteiger partial charge < -0.3 is 19.5 Å². The second-order valence-corrected chi connectivity index (χ2v) is 10.4. The number of aliphatic hydroxyl groups excluding tert-OH is 1. The number of carbonyl (C=O) groups excluding carboxylic acids is 2. The molecule has 1 heterocycles. The zero-order chi connectivity index (χ0) is 28.3. The van der Waals surface area contributed by atoms with Crippen LogP contribution in [-0.4, -0.2) is 35.4 Å². The SMILES string of the molecule is CCOc1ccc(/C(O)=C2/C(=O)C(=O)N(Cc3ccccc3OC)C2c2ccc(C(C)C)cc2)cc1C(C)C. The van der Waals surface area contributed by atoms with Gasteiger partial charge in [-0.3, -0.25) is 9.59 Å². The Morgan fingerprint density at radius 2 is 1.62 bits per heavy atom. The molecule has 39 heavy (non-hydrogen) atoms. The van der Waals surface area contributed by atoms with E-state index in [1.54, 1.807) is 13.2 Å². The van der Waals surface area contributed by atoms with E-state index in [2.05, 4.69) is 13.8 Å². The van der Waals surface area contributed by atoms with Crippen LogP contribution in [0.15, 0.2) is 72.3 Å². The summed E-state index contributed by atoms with van der Waals surface area (Å²) in [7, 11) is 1.58. The Labute approximate surface area is 230 Å². The molecule has 0 saturated carbocycles. The summed E-state index contributed by atoms with van der Waals surface area (Å²) in [6.07, 6.45) is 0. The minimum absolute atomic E-state index is 0.0751. The van der Waals surface area contributed by atoms with Crippen LogP contribution >= 0.6 is 0 Å². The lowest BCUT2D eigenvalue weighted by atomic mass is 9.92. The number of nitrogens with zero attached hydrogens (tertiary/aromatic N) is 1. The fraction of sp³-hybridized carbons (Fsp3) is 0.333. The van der Waals surface area contributed by atoms with Crippen LogP contribution < -0.4 is 9.47 Å². The van der Waals surface area contributed by atoms with E-state index in [-0.39, 0.29) is 23.8 Å². The van der Waals surface area contributed by atoms with E-state index >= 15 is 0 Å². The van der Waals surface area contributed by atoms with Crippen molar-refractivity contribution in [1.82, 2.24) is 4.90 Å². The van der Waals surface area contributed by atoms with Crippen molar-refractivity contribution in [3.63, 3.8) is 0 Å². The van der Waals surface area contributed by atoms with Crippen LogP contribution in [0.1, 0.15) is 80.3 Å². The summed E-state index contributed by atoms with van der Waals surface area (Å²) < 4.78 is 11.3. The van der Waals surface area contributed by atoms with Gasteiger partial charge in [-0.1, -0.05) is 70.2 Å². The smallest absolute Gasteiger partial charge is 0.295 e. The van der Waals surface area contributed by atoms with Crippen LogP contribution in [0, 0.1) is 0 Å². The molecule has 0 spiro atoms. The lowest BCUT2D eigenvalue weighted by Crippen LogP contribution is -2.29. The number of hydrogen-bond donors (Lipinski definition) is 1. The second kappa shape index (κ2) is 11.8. The number of rotatable bonds is 9. The van der Waals surface area contributed by atoms with Gasteiger partial charge in [0.1, 0.15) is 17.3 Å². The Kier molecular flexibility index (Phi) is 8.44. The first kappa shape index (κ1) is 28.0. The Morgan fingerprint density at radius 1 is 0.923 bits per heavy atom. The summed E-state index contributed by atoms with van der Waals surface area (Å²) in [6, 6.07) is 20.0. The zero-order valence-electron chi connectivity index (χ0n) is 23.5. The number of ketones is 1. The van der Waals surface area contributed by atoms with Gasteiger partial charge >= 0.3 is 0 Å². The first-order valence-electron chi connectivity index (χ1n) is 13.4. The van der Waals surface area contributed by atoms with Gasteiger partial charge in [-0.25, -0.2) is 0 Å². The summed E-state index contributed by atoms with van der Waals surface area (Å²) in [6.45, 7) is 10.9. The first-order valence-corrected chi connectivity index (χ1v) is 13.4. The van der Waals surface area contributed by atoms with Gasteiger partial charge in [0.2, 0.25) is 0 Å². The van der Waals surface area contributed by atoms with Crippen molar-refractivity contribution >= 4 is 17.4 Å².